The van der Waals surface area contributed by atoms with Gasteiger partial charge in [0, 0.05) is 12.8 Å². The van der Waals surface area contributed by atoms with Crippen LogP contribution in [0.5, 0.6) is 0 Å². The van der Waals surface area contributed by atoms with E-state index in [0.717, 1.165) is 38.5 Å². The molecule has 0 spiro atoms. The molecule has 0 bridgehead atoms. The largest absolute Gasteiger partial charge is 0.480 e. The number of carboxylic acids is 1. The second-order valence-corrected chi connectivity index (χ2v) is 14.9. The third-order valence-electron chi connectivity index (χ3n) is 8.51. The number of phosphoric acid groups is 1. The number of aliphatic carboxylic acids is 1. The number of nitrogens with two attached hydrogens (primary N) is 1. The maximum atomic E-state index is 12.5. The van der Waals surface area contributed by atoms with Crippen molar-refractivity contribution in [2.24, 2.45) is 5.73 Å². The Labute approximate surface area is 303 Å². The topological polar surface area (TPSA) is 172 Å². The van der Waals surface area contributed by atoms with E-state index >= 15 is 0 Å². The van der Waals surface area contributed by atoms with E-state index in [2.05, 4.69) is 30.5 Å². The second-order valence-electron chi connectivity index (χ2n) is 13.4. The first-order chi connectivity index (χ1) is 24.1. The van der Waals surface area contributed by atoms with Gasteiger partial charge in [0.1, 0.15) is 12.6 Å². The van der Waals surface area contributed by atoms with Crippen molar-refractivity contribution in [3.05, 3.63) is 12.2 Å². The minimum Gasteiger partial charge on any atom is -0.480 e. The van der Waals surface area contributed by atoms with Crippen molar-refractivity contribution < 1.29 is 47.5 Å². The normalized spacial score (nSPS) is 14.0. The Kier molecular flexibility index (Phi) is 33.1. The van der Waals surface area contributed by atoms with Crippen LogP contribution in [-0.2, 0) is 37.5 Å². The molecule has 0 saturated heterocycles. The number of esters is 2. The SMILES string of the molecule is CCCCCCCC/C=C\CCCCCCCCCCCC(=O)OC(COC(=O)CCCCCCCCC)COP(=O)(O)OCC(N)C(=O)O. The van der Waals surface area contributed by atoms with Gasteiger partial charge in [-0.3, -0.25) is 23.4 Å². The lowest BCUT2D eigenvalue weighted by Gasteiger charge is -2.20. The maximum Gasteiger partial charge on any atom is 0.472 e. The fourth-order valence-corrected chi connectivity index (χ4v) is 6.13. The number of phosphoric ester groups is 1. The Balaban J connectivity index is 4.28. The predicted octanol–water partition coefficient (Wildman–Crippen LogP) is 9.73. The van der Waals surface area contributed by atoms with Gasteiger partial charge in [-0.15, -0.1) is 0 Å². The summed E-state index contributed by atoms with van der Waals surface area (Å²) in [5.41, 5.74) is 5.31. The summed E-state index contributed by atoms with van der Waals surface area (Å²) in [6.45, 7) is 2.74. The molecule has 0 aliphatic rings. The Bertz CT molecular complexity index is 916. The van der Waals surface area contributed by atoms with Crippen molar-refractivity contribution in [2.45, 2.75) is 193 Å². The zero-order valence-corrected chi connectivity index (χ0v) is 32.4. The van der Waals surface area contributed by atoms with Crippen molar-refractivity contribution in [1.29, 1.82) is 0 Å². The van der Waals surface area contributed by atoms with Crippen molar-refractivity contribution in [3.63, 3.8) is 0 Å². The standard InChI is InChI=1S/C38H72NO10P/c1-3-5-7-9-11-12-13-14-15-16-17-18-19-20-21-22-24-26-28-30-37(41)49-34(32-47-50(44,45)48-33-35(39)38(42)43)31-46-36(40)29-27-25-23-10-8-6-4-2/h14-15,34-35H,3-13,16-33,39H2,1-2H3,(H,42,43)(H,44,45)/b15-14-. The molecule has 3 unspecified atom stereocenters. The molecule has 0 amide bonds. The van der Waals surface area contributed by atoms with Crippen LogP contribution in [-0.4, -0.2) is 59.9 Å². The molecule has 0 aliphatic carbocycles. The molecular weight excluding hydrogens is 661 g/mol. The highest BCUT2D eigenvalue weighted by molar-refractivity contribution is 7.47. The molecule has 0 aromatic heterocycles. The highest BCUT2D eigenvalue weighted by Crippen LogP contribution is 2.43. The third-order valence-corrected chi connectivity index (χ3v) is 9.46. The van der Waals surface area contributed by atoms with Gasteiger partial charge in [0.05, 0.1) is 13.2 Å². The number of carbonyl (C=O) groups is 3. The second kappa shape index (κ2) is 34.3. The van der Waals surface area contributed by atoms with E-state index in [1.165, 1.54) is 103 Å². The molecule has 12 heteroatoms. The number of hydrogen-bond donors (Lipinski definition) is 3. The molecule has 294 valence electrons. The van der Waals surface area contributed by atoms with E-state index < -0.39 is 51.1 Å². The molecule has 0 saturated carbocycles. The van der Waals surface area contributed by atoms with Crippen LogP contribution in [0, 0.1) is 0 Å². The van der Waals surface area contributed by atoms with Gasteiger partial charge in [0.25, 0.3) is 0 Å². The quantitative estimate of drug-likeness (QED) is 0.0240. The summed E-state index contributed by atoms with van der Waals surface area (Å²) in [5, 5.41) is 8.84. The van der Waals surface area contributed by atoms with Gasteiger partial charge >= 0.3 is 25.7 Å². The molecule has 0 fully saturated rings. The van der Waals surface area contributed by atoms with Crippen LogP contribution in [0.2, 0.25) is 0 Å². The van der Waals surface area contributed by atoms with E-state index in [-0.39, 0.29) is 19.4 Å². The lowest BCUT2D eigenvalue weighted by atomic mass is 10.1. The van der Waals surface area contributed by atoms with Gasteiger partial charge in [-0.25, -0.2) is 4.57 Å². The summed E-state index contributed by atoms with van der Waals surface area (Å²) < 4.78 is 32.5. The molecule has 11 nitrogen and oxygen atoms in total. The van der Waals surface area contributed by atoms with Crippen LogP contribution in [0.25, 0.3) is 0 Å². The van der Waals surface area contributed by atoms with E-state index in [1.807, 2.05) is 0 Å². The summed E-state index contributed by atoms with van der Waals surface area (Å²) in [7, 11) is -4.70. The van der Waals surface area contributed by atoms with Crippen molar-refractivity contribution >= 4 is 25.7 Å². The summed E-state index contributed by atoms with van der Waals surface area (Å²) in [4.78, 5) is 45.6. The molecule has 0 radical (unpaired) electrons. The first kappa shape index (κ1) is 48.2. The molecule has 50 heavy (non-hydrogen) atoms. The lowest BCUT2D eigenvalue weighted by molar-refractivity contribution is -0.161. The van der Waals surface area contributed by atoms with Gasteiger partial charge in [-0.1, -0.05) is 142 Å². The first-order valence-electron chi connectivity index (χ1n) is 19.7. The van der Waals surface area contributed by atoms with Gasteiger partial charge in [0.2, 0.25) is 0 Å². The highest BCUT2D eigenvalue weighted by Gasteiger charge is 2.28. The van der Waals surface area contributed by atoms with Gasteiger partial charge < -0.3 is 25.2 Å². The summed E-state index contributed by atoms with van der Waals surface area (Å²) in [6.07, 6.45) is 31.6. The number of carboxylic acid groups (broad SMARTS) is 1. The van der Waals surface area contributed by atoms with Crippen LogP contribution >= 0.6 is 7.82 Å². The molecule has 0 aliphatic heterocycles. The van der Waals surface area contributed by atoms with Gasteiger partial charge in [-0.05, 0) is 38.5 Å². The van der Waals surface area contributed by atoms with E-state index in [4.69, 9.17) is 24.8 Å². The van der Waals surface area contributed by atoms with E-state index in [1.54, 1.807) is 0 Å². The van der Waals surface area contributed by atoms with E-state index in [0.29, 0.717) is 12.8 Å². The minimum absolute atomic E-state index is 0.162. The van der Waals surface area contributed by atoms with Crippen LogP contribution < -0.4 is 5.73 Å². The maximum absolute atomic E-state index is 12.5. The van der Waals surface area contributed by atoms with Crippen LogP contribution in [0.1, 0.15) is 181 Å². The Morgan fingerprint density at radius 3 is 1.46 bits per heavy atom. The Morgan fingerprint density at radius 1 is 0.600 bits per heavy atom. The van der Waals surface area contributed by atoms with Crippen LogP contribution in [0.3, 0.4) is 0 Å². The van der Waals surface area contributed by atoms with E-state index in [9.17, 15) is 23.8 Å². The van der Waals surface area contributed by atoms with Crippen LogP contribution in [0.15, 0.2) is 12.2 Å². The summed E-state index contributed by atoms with van der Waals surface area (Å²) in [6, 6.07) is -1.52. The average Bonchev–Trinajstić information content (AvgIpc) is 3.09. The number of carbonyl (C=O) groups excluding carboxylic acids is 2. The number of rotatable bonds is 37. The van der Waals surface area contributed by atoms with Gasteiger partial charge in [-0.2, -0.15) is 0 Å². The third kappa shape index (κ3) is 33.4. The Hall–Kier alpha value is -1.78. The minimum atomic E-state index is -4.70. The summed E-state index contributed by atoms with van der Waals surface area (Å²) in [5.74, 6) is -2.38. The molecular formula is C38H72NO10P. The zero-order chi connectivity index (χ0) is 37.1. The fourth-order valence-electron chi connectivity index (χ4n) is 5.35. The molecule has 4 N–H and O–H groups in total. The Morgan fingerprint density at radius 2 is 1.00 bits per heavy atom. The fraction of sp³-hybridized carbons (Fsp3) is 0.868. The number of ether oxygens (including phenoxy) is 2. The first-order valence-corrected chi connectivity index (χ1v) is 21.2. The average molecular weight is 734 g/mol. The molecule has 0 aromatic carbocycles. The highest BCUT2D eigenvalue weighted by atomic mass is 31.2. The smallest absolute Gasteiger partial charge is 0.472 e. The number of allylic oxidation sites excluding steroid dienone is 2. The predicted molar refractivity (Wildman–Crippen MR) is 199 cm³/mol. The molecule has 0 heterocycles. The van der Waals surface area contributed by atoms with Crippen LogP contribution in [0.4, 0.5) is 0 Å². The molecule has 0 aromatic rings. The van der Waals surface area contributed by atoms with Crippen molar-refractivity contribution in [1.82, 2.24) is 0 Å². The zero-order valence-electron chi connectivity index (χ0n) is 31.5. The summed E-state index contributed by atoms with van der Waals surface area (Å²) >= 11 is 0. The number of hydrogen-bond acceptors (Lipinski definition) is 9. The molecule has 0 rings (SSSR count). The lowest BCUT2D eigenvalue weighted by Crippen LogP contribution is -2.34. The molecule has 3 atom stereocenters. The van der Waals surface area contributed by atoms with Crippen molar-refractivity contribution in [3.8, 4) is 0 Å². The van der Waals surface area contributed by atoms with Gasteiger partial charge in [0.15, 0.2) is 6.10 Å². The monoisotopic (exact) mass is 733 g/mol. The number of unbranched alkanes of at least 4 members (excludes halogenated alkanes) is 21. The van der Waals surface area contributed by atoms with Crippen molar-refractivity contribution in [2.75, 3.05) is 19.8 Å².